The number of amides is 1. The molecule has 1 fully saturated rings. The number of amidine groups is 1. The fourth-order valence-electron chi connectivity index (χ4n) is 2.52. The van der Waals surface area contributed by atoms with Gasteiger partial charge >= 0.3 is 0 Å². The number of carbonyl (C=O) groups is 1. The zero-order chi connectivity index (χ0) is 17.3. The normalized spacial score (nSPS) is 20.6. The standard InChI is InChI=1S/C16H18BrN3O3S/c1-19-3-5-20(6-4-19)16-18-15(22)13(24-16)9-10-7-11(17)14(21)12(8-10)23-2/h7-9,21H,3-6H2,1-2H3. The highest BCUT2D eigenvalue weighted by atomic mass is 79.9. The molecule has 0 aromatic heterocycles. The summed E-state index contributed by atoms with van der Waals surface area (Å²) in [5.41, 5.74) is 0.766. The van der Waals surface area contributed by atoms with Crippen LogP contribution in [0.2, 0.25) is 0 Å². The number of phenols is 1. The van der Waals surface area contributed by atoms with Crippen molar-refractivity contribution in [1.82, 2.24) is 9.80 Å². The number of piperazine rings is 1. The summed E-state index contributed by atoms with van der Waals surface area (Å²) in [6.07, 6.45) is 1.77. The molecule has 0 radical (unpaired) electrons. The van der Waals surface area contributed by atoms with Gasteiger partial charge in [0, 0.05) is 26.2 Å². The Morgan fingerprint density at radius 2 is 2.04 bits per heavy atom. The second-order valence-corrected chi connectivity index (χ2v) is 7.52. The average Bonchev–Trinajstić information content (AvgIpc) is 2.92. The maximum absolute atomic E-state index is 12.2. The van der Waals surface area contributed by atoms with Gasteiger partial charge in [-0.15, -0.1) is 0 Å². The molecule has 0 unspecified atom stereocenters. The van der Waals surface area contributed by atoms with Gasteiger partial charge in [-0.3, -0.25) is 4.79 Å². The predicted molar refractivity (Wildman–Crippen MR) is 99.4 cm³/mol. The summed E-state index contributed by atoms with van der Waals surface area (Å²) in [5, 5.41) is 10.6. The number of likely N-dealkylation sites (N-methyl/N-ethyl adjacent to an activating group) is 1. The lowest BCUT2D eigenvalue weighted by molar-refractivity contribution is -0.113. The third-order valence-corrected chi connectivity index (χ3v) is 5.60. The van der Waals surface area contributed by atoms with E-state index in [0.29, 0.717) is 15.1 Å². The number of phenolic OH excluding ortho intramolecular Hbond substituents is 1. The summed E-state index contributed by atoms with van der Waals surface area (Å²) in [7, 11) is 3.58. The first-order valence-corrected chi connectivity index (χ1v) is 9.11. The Morgan fingerprint density at radius 1 is 1.33 bits per heavy atom. The molecular formula is C16H18BrN3O3S. The molecule has 1 aromatic carbocycles. The molecule has 2 heterocycles. The first-order valence-electron chi connectivity index (χ1n) is 7.50. The number of halogens is 1. The Labute approximate surface area is 153 Å². The largest absolute Gasteiger partial charge is 0.503 e. The van der Waals surface area contributed by atoms with E-state index in [-0.39, 0.29) is 11.7 Å². The maximum atomic E-state index is 12.2. The van der Waals surface area contributed by atoms with E-state index >= 15 is 0 Å². The first-order chi connectivity index (χ1) is 11.5. The number of aromatic hydroxyl groups is 1. The molecule has 0 atom stereocenters. The SMILES string of the molecule is COc1cc(C=C2SC(N3CCN(C)CC3)=NC2=O)cc(Br)c1O. The van der Waals surface area contributed by atoms with E-state index in [2.05, 4.69) is 37.8 Å². The lowest BCUT2D eigenvalue weighted by atomic mass is 10.2. The van der Waals surface area contributed by atoms with Crippen molar-refractivity contribution in [3.8, 4) is 11.5 Å². The van der Waals surface area contributed by atoms with Gasteiger partial charge < -0.3 is 19.6 Å². The van der Waals surface area contributed by atoms with Crippen LogP contribution in [-0.4, -0.2) is 66.3 Å². The minimum absolute atomic E-state index is 0.0411. The van der Waals surface area contributed by atoms with E-state index in [0.717, 1.165) is 36.9 Å². The molecular weight excluding hydrogens is 394 g/mol. The second-order valence-electron chi connectivity index (χ2n) is 5.65. The molecule has 6 nitrogen and oxygen atoms in total. The quantitative estimate of drug-likeness (QED) is 0.753. The van der Waals surface area contributed by atoms with Crippen LogP contribution in [-0.2, 0) is 4.79 Å². The number of methoxy groups -OCH3 is 1. The van der Waals surface area contributed by atoms with Crippen LogP contribution in [0.5, 0.6) is 11.5 Å². The number of rotatable bonds is 2. The van der Waals surface area contributed by atoms with Gasteiger partial charge in [-0.1, -0.05) is 0 Å². The van der Waals surface area contributed by atoms with Gasteiger partial charge in [0.25, 0.3) is 5.91 Å². The predicted octanol–water partition coefficient (Wildman–Crippen LogP) is 2.38. The summed E-state index contributed by atoms with van der Waals surface area (Å²) < 4.78 is 5.66. The summed E-state index contributed by atoms with van der Waals surface area (Å²) in [5.74, 6) is 0.170. The molecule has 0 bridgehead atoms. The van der Waals surface area contributed by atoms with Crippen molar-refractivity contribution in [3.05, 3.63) is 27.1 Å². The highest BCUT2D eigenvalue weighted by molar-refractivity contribution is 9.10. The number of ether oxygens (including phenoxy) is 1. The van der Waals surface area contributed by atoms with Crippen molar-refractivity contribution in [1.29, 1.82) is 0 Å². The molecule has 2 aliphatic heterocycles. The first kappa shape index (κ1) is 17.3. The van der Waals surface area contributed by atoms with E-state index in [4.69, 9.17) is 4.74 Å². The fraction of sp³-hybridized carbons (Fsp3) is 0.375. The zero-order valence-electron chi connectivity index (χ0n) is 13.5. The van der Waals surface area contributed by atoms with Gasteiger partial charge in [0.2, 0.25) is 0 Å². The van der Waals surface area contributed by atoms with Crippen LogP contribution < -0.4 is 4.74 Å². The average molecular weight is 412 g/mol. The van der Waals surface area contributed by atoms with Crippen molar-refractivity contribution in [2.75, 3.05) is 40.3 Å². The number of thioether (sulfide) groups is 1. The Kier molecular flexibility index (Phi) is 5.17. The molecule has 3 rings (SSSR count). The summed E-state index contributed by atoms with van der Waals surface area (Å²) in [4.78, 5) is 21.4. The van der Waals surface area contributed by atoms with Crippen LogP contribution in [0.3, 0.4) is 0 Å². The molecule has 2 aliphatic rings. The molecule has 0 spiro atoms. The van der Waals surface area contributed by atoms with E-state index in [1.165, 1.54) is 18.9 Å². The van der Waals surface area contributed by atoms with Crippen molar-refractivity contribution < 1.29 is 14.6 Å². The summed E-state index contributed by atoms with van der Waals surface area (Å²) in [6, 6.07) is 3.43. The van der Waals surface area contributed by atoms with Gasteiger partial charge in [-0.05, 0) is 58.5 Å². The summed E-state index contributed by atoms with van der Waals surface area (Å²) in [6.45, 7) is 3.69. The third kappa shape index (κ3) is 3.60. The maximum Gasteiger partial charge on any atom is 0.286 e. The number of hydrogen-bond donors (Lipinski definition) is 1. The monoisotopic (exact) mass is 411 g/mol. The molecule has 1 amide bonds. The number of carbonyl (C=O) groups excluding carboxylic acids is 1. The van der Waals surface area contributed by atoms with Crippen LogP contribution in [0.25, 0.3) is 6.08 Å². The minimum Gasteiger partial charge on any atom is -0.503 e. The van der Waals surface area contributed by atoms with E-state index < -0.39 is 0 Å². The molecule has 1 aromatic rings. The van der Waals surface area contributed by atoms with Gasteiger partial charge in [0.05, 0.1) is 16.5 Å². The van der Waals surface area contributed by atoms with Gasteiger partial charge in [0.15, 0.2) is 16.7 Å². The van der Waals surface area contributed by atoms with E-state index in [1.54, 1.807) is 18.2 Å². The number of benzene rings is 1. The fourth-order valence-corrected chi connectivity index (χ4v) is 3.94. The molecule has 128 valence electrons. The Morgan fingerprint density at radius 3 is 2.71 bits per heavy atom. The van der Waals surface area contributed by atoms with E-state index in [9.17, 15) is 9.90 Å². The Hall–Kier alpha value is -1.51. The number of aliphatic imine (C=N–C) groups is 1. The highest BCUT2D eigenvalue weighted by Crippen LogP contribution is 2.37. The molecule has 0 saturated carbocycles. The Balaban J connectivity index is 1.78. The van der Waals surface area contributed by atoms with Crippen molar-refractivity contribution >= 4 is 44.8 Å². The number of nitrogens with zero attached hydrogens (tertiary/aromatic N) is 3. The lowest BCUT2D eigenvalue weighted by Crippen LogP contribution is -2.46. The smallest absolute Gasteiger partial charge is 0.286 e. The van der Waals surface area contributed by atoms with Crippen molar-refractivity contribution in [2.45, 2.75) is 0 Å². The molecule has 24 heavy (non-hydrogen) atoms. The number of hydrogen-bond acceptors (Lipinski definition) is 6. The summed E-state index contributed by atoms with van der Waals surface area (Å²) >= 11 is 4.68. The second kappa shape index (κ2) is 7.16. The van der Waals surface area contributed by atoms with Crippen LogP contribution in [0, 0.1) is 0 Å². The molecule has 8 heteroatoms. The van der Waals surface area contributed by atoms with Crippen LogP contribution in [0.1, 0.15) is 5.56 Å². The van der Waals surface area contributed by atoms with Crippen molar-refractivity contribution in [3.63, 3.8) is 0 Å². The van der Waals surface area contributed by atoms with Crippen LogP contribution in [0.15, 0.2) is 26.5 Å². The van der Waals surface area contributed by atoms with Crippen LogP contribution in [0.4, 0.5) is 0 Å². The zero-order valence-corrected chi connectivity index (χ0v) is 15.9. The van der Waals surface area contributed by atoms with Gasteiger partial charge in [-0.2, -0.15) is 4.99 Å². The topological polar surface area (TPSA) is 65.4 Å². The van der Waals surface area contributed by atoms with Gasteiger partial charge in [0.1, 0.15) is 0 Å². The third-order valence-electron chi connectivity index (χ3n) is 3.95. The lowest BCUT2D eigenvalue weighted by Gasteiger charge is -2.32. The van der Waals surface area contributed by atoms with Gasteiger partial charge in [-0.25, -0.2) is 0 Å². The van der Waals surface area contributed by atoms with E-state index in [1.807, 2.05) is 0 Å². The van der Waals surface area contributed by atoms with Crippen LogP contribution >= 0.6 is 27.7 Å². The minimum atomic E-state index is -0.225. The van der Waals surface area contributed by atoms with Crippen molar-refractivity contribution in [2.24, 2.45) is 4.99 Å². The molecule has 0 aliphatic carbocycles. The molecule has 1 saturated heterocycles. The molecule has 1 N–H and O–H groups in total. The Bertz CT molecular complexity index is 728. The highest BCUT2D eigenvalue weighted by Gasteiger charge is 2.27.